The Kier molecular flexibility index (Phi) is 6.42. The van der Waals surface area contributed by atoms with Crippen molar-refractivity contribution in [1.29, 1.82) is 5.26 Å². The molecule has 10 heteroatoms. The lowest BCUT2D eigenvalue weighted by Crippen LogP contribution is -2.24. The van der Waals surface area contributed by atoms with E-state index < -0.39 is 5.82 Å². The third kappa shape index (κ3) is 4.73. The highest BCUT2D eigenvalue weighted by Crippen LogP contribution is 2.27. The van der Waals surface area contributed by atoms with E-state index in [1.807, 2.05) is 0 Å². The van der Waals surface area contributed by atoms with Crippen LogP contribution in [0.25, 0.3) is 16.3 Å². The largest absolute Gasteiger partial charge is 0.382 e. The van der Waals surface area contributed by atoms with Crippen LogP contribution in [-0.2, 0) is 6.42 Å². The lowest BCUT2D eigenvalue weighted by Gasteiger charge is -2.03. The van der Waals surface area contributed by atoms with Crippen LogP contribution in [0.3, 0.4) is 0 Å². The van der Waals surface area contributed by atoms with Gasteiger partial charge in [-0.1, -0.05) is 12.1 Å². The number of nitrogens with two attached hydrogens (primary N) is 1. The third-order valence-corrected chi connectivity index (χ3v) is 5.92. The number of carbonyl (C=O) groups excluding carboxylic acids is 1. The monoisotopic (exact) mass is 464 g/mol. The van der Waals surface area contributed by atoms with Gasteiger partial charge in [0.05, 0.1) is 17.6 Å². The third-order valence-electron chi connectivity index (χ3n) is 4.89. The maximum absolute atomic E-state index is 13.9. The molecule has 7 nitrogen and oxygen atoms in total. The molecular formula is C23H18F2N6OS. The topological polar surface area (TPSA) is 110 Å². The van der Waals surface area contributed by atoms with Gasteiger partial charge in [0.1, 0.15) is 39.0 Å². The van der Waals surface area contributed by atoms with Gasteiger partial charge in [-0.2, -0.15) is 10.4 Å². The molecule has 1 amide bonds. The fourth-order valence-corrected chi connectivity index (χ4v) is 4.10. The Hall–Kier alpha value is -4.10. The number of hydrogen-bond acceptors (Lipinski definition) is 6. The quantitative estimate of drug-likeness (QED) is 0.401. The summed E-state index contributed by atoms with van der Waals surface area (Å²) < 4.78 is 28.5. The number of nitrogens with zero attached hydrogens (tertiary/aromatic N) is 4. The lowest BCUT2D eigenvalue weighted by molar-refractivity contribution is 0.0957. The van der Waals surface area contributed by atoms with Crippen LogP contribution in [0.2, 0.25) is 0 Å². The summed E-state index contributed by atoms with van der Waals surface area (Å²) in [6.07, 6.45) is 2.34. The van der Waals surface area contributed by atoms with Crippen LogP contribution < -0.4 is 11.1 Å². The number of carbonyl (C=O) groups is 1. The molecule has 2 aromatic carbocycles. The van der Waals surface area contributed by atoms with Crippen LogP contribution in [0.15, 0.2) is 54.7 Å². The van der Waals surface area contributed by atoms with Gasteiger partial charge in [0.15, 0.2) is 0 Å². The van der Waals surface area contributed by atoms with Crippen molar-refractivity contribution < 1.29 is 13.6 Å². The standard InChI is InChI=1S/C23H18F2N6OS/c24-14-7-9-15(10-8-14)31-21(27)17(12-26)19(30-31)6-3-11-28-22(32)20-13-29-23(33-20)16-4-1-2-5-18(16)25/h1-2,4-5,7-10,13H,3,6,11,27H2,(H,28,32). The Morgan fingerprint density at radius 2 is 1.94 bits per heavy atom. The Labute approximate surface area is 192 Å². The fourth-order valence-electron chi connectivity index (χ4n) is 3.24. The van der Waals surface area contributed by atoms with Crippen LogP contribution in [0, 0.1) is 23.0 Å². The van der Waals surface area contributed by atoms with Gasteiger partial charge in [-0.3, -0.25) is 4.79 Å². The van der Waals surface area contributed by atoms with Crippen LogP contribution in [0.4, 0.5) is 14.6 Å². The predicted octanol–water partition coefficient (Wildman–Crippen LogP) is 4.09. The Balaban J connectivity index is 1.37. The molecule has 4 rings (SSSR count). The number of aryl methyl sites for hydroxylation is 1. The van der Waals surface area contributed by atoms with E-state index in [0.717, 1.165) is 11.3 Å². The molecule has 0 aliphatic carbocycles. The van der Waals surface area contributed by atoms with Crippen molar-refractivity contribution in [1.82, 2.24) is 20.1 Å². The molecule has 2 heterocycles. The van der Waals surface area contributed by atoms with Gasteiger partial charge in [0.25, 0.3) is 5.91 Å². The molecule has 0 atom stereocenters. The lowest BCUT2D eigenvalue weighted by atomic mass is 10.1. The zero-order chi connectivity index (χ0) is 23.4. The number of amides is 1. The van der Waals surface area contributed by atoms with Gasteiger partial charge >= 0.3 is 0 Å². The summed E-state index contributed by atoms with van der Waals surface area (Å²) in [4.78, 5) is 16.9. The number of hydrogen-bond donors (Lipinski definition) is 2. The zero-order valence-corrected chi connectivity index (χ0v) is 18.1. The number of nitriles is 1. The smallest absolute Gasteiger partial charge is 0.263 e. The molecule has 33 heavy (non-hydrogen) atoms. The second-order valence-corrected chi connectivity index (χ2v) is 8.11. The first-order valence-electron chi connectivity index (χ1n) is 10.00. The first-order chi connectivity index (χ1) is 16.0. The summed E-state index contributed by atoms with van der Waals surface area (Å²) in [5.74, 6) is -0.921. The van der Waals surface area contributed by atoms with E-state index in [2.05, 4.69) is 21.5 Å². The van der Waals surface area contributed by atoms with Crippen LogP contribution >= 0.6 is 11.3 Å². The molecule has 0 aliphatic heterocycles. The molecule has 4 aromatic rings. The van der Waals surface area contributed by atoms with E-state index in [4.69, 9.17) is 5.73 Å². The van der Waals surface area contributed by atoms with Gasteiger partial charge in [0.2, 0.25) is 0 Å². The average molecular weight is 465 g/mol. The second-order valence-electron chi connectivity index (χ2n) is 7.08. The van der Waals surface area contributed by atoms with Crippen LogP contribution in [0.5, 0.6) is 0 Å². The van der Waals surface area contributed by atoms with E-state index in [1.165, 1.54) is 41.2 Å². The van der Waals surface area contributed by atoms with Crippen molar-refractivity contribution in [2.24, 2.45) is 0 Å². The molecule has 0 spiro atoms. The predicted molar refractivity (Wildman–Crippen MR) is 121 cm³/mol. The Morgan fingerprint density at radius 1 is 1.18 bits per heavy atom. The molecule has 166 valence electrons. The molecule has 0 radical (unpaired) electrons. The number of anilines is 1. The number of halogens is 2. The molecular weight excluding hydrogens is 446 g/mol. The molecule has 0 saturated carbocycles. The molecule has 0 fully saturated rings. The van der Waals surface area contributed by atoms with E-state index in [-0.39, 0.29) is 23.1 Å². The molecule has 0 bridgehead atoms. The van der Waals surface area contributed by atoms with Gasteiger partial charge in [0, 0.05) is 12.1 Å². The summed E-state index contributed by atoms with van der Waals surface area (Å²) in [5, 5.41) is 17.1. The summed E-state index contributed by atoms with van der Waals surface area (Å²) in [7, 11) is 0. The minimum Gasteiger partial charge on any atom is -0.382 e. The minimum absolute atomic E-state index is 0.175. The van der Waals surface area contributed by atoms with E-state index >= 15 is 0 Å². The van der Waals surface area contributed by atoms with Gasteiger partial charge in [-0.05, 0) is 49.2 Å². The maximum Gasteiger partial charge on any atom is 0.263 e. The van der Waals surface area contributed by atoms with Crippen molar-refractivity contribution >= 4 is 23.1 Å². The van der Waals surface area contributed by atoms with Crippen molar-refractivity contribution in [2.45, 2.75) is 12.8 Å². The van der Waals surface area contributed by atoms with Crippen molar-refractivity contribution in [3.05, 3.63) is 82.5 Å². The minimum atomic E-state index is -0.397. The van der Waals surface area contributed by atoms with Gasteiger partial charge in [-0.25, -0.2) is 18.4 Å². The molecule has 3 N–H and O–H groups in total. The van der Waals surface area contributed by atoms with E-state index in [0.29, 0.717) is 46.2 Å². The van der Waals surface area contributed by atoms with Crippen molar-refractivity contribution in [3.8, 4) is 22.3 Å². The highest BCUT2D eigenvalue weighted by atomic mass is 32.1. The van der Waals surface area contributed by atoms with Crippen LogP contribution in [0.1, 0.15) is 27.3 Å². The number of nitrogen functional groups attached to an aromatic ring is 1. The maximum atomic E-state index is 13.9. The Morgan fingerprint density at radius 3 is 2.67 bits per heavy atom. The van der Waals surface area contributed by atoms with E-state index in [9.17, 15) is 18.8 Å². The van der Waals surface area contributed by atoms with Crippen molar-refractivity contribution in [3.63, 3.8) is 0 Å². The molecule has 2 aromatic heterocycles. The van der Waals surface area contributed by atoms with Crippen molar-refractivity contribution in [2.75, 3.05) is 12.3 Å². The second kappa shape index (κ2) is 9.58. The number of thiazole rings is 1. The summed E-state index contributed by atoms with van der Waals surface area (Å²) in [5.41, 5.74) is 7.69. The number of aromatic nitrogens is 3. The number of benzene rings is 2. The highest BCUT2D eigenvalue weighted by Gasteiger charge is 2.17. The summed E-state index contributed by atoms with van der Waals surface area (Å²) in [6.45, 7) is 0.333. The van der Waals surface area contributed by atoms with Gasteiger partial charge < -0.3 is 11.1 Å². The first kappa shape index (κ1) is 22.1. The average Bonchev–Trinajstić information content (AvgIpc) is 3.42. The Bertz CT molecular complexity index is 1340. The zero-order valence-electron chi connectivity index (χ0n) is 17.3. The first-order valence-corrected chi connectivity index (χ1v) is 10.8. The summed E-state index contributed by atoms with van der Waals surface area (Å²) >= 11 is 1.11. The van der Waals surface area contributed by atoms with Crippen LogP contribution in [-0.4, -0.2) is 27.2 Å². The van der Waals surface area contributed by atoms with E-state index in [1.54, 1.807) is 18.2 Å². The molecule has 0 aliphatic rings. The number of nitrogens with one attached hydrogen (secondary N) is 1. The molecule has 0 unspecified atom stereocenters. The normalized spacial score (nSPS) is 10.7. The SMILES string of the molecule is N#Cc1c(CCCNC(=O)c2cnc(-c3ccccc3F)s2)nn(-c2ccc(F)cc2)c1N. The number of rotatable bonds is 7. The summed E-state index contributed by atoms with van der Waals surface area (Å²) in [6, 6.07) is 13.9. The molecule has 0 saturated heterocycles. The van der Waals surface area contributed by atoms with Gasteiger partial charge in [-0.15, -0.1) is 11.3 Å². The highest BCUT2D eigenvalue weighted by molar-refractivity contribution is 7.16. The fraction of sp³-hybridized carbons (Fsp3) is 0.130.